The van der Waals surface area contributed by atoms with Gasteiger partial charge in [-0.05, 0) is 48.1 Å². The van der Waals surface area contributed by atoms with Crippen molar-refractivity contribution in [3.63, 3.8) is 0 Å². The summed E-state index contributed by atoms with van der Waals surface area (Å²) >= 11 is 0. The van der Waals surface area contributed by atoms with Gasteiger partial charge in [-0.1, -0.05) is 25.8 Å². The number of halogens is 2. The van der Waals surface area contributed by atoms with E-state index in [0.29, 0.717) is 22.5 Å². The molecule has 33 heavy (non-hydrogen) atoms. The molecule has 174 valence electrons. The van der Waals surface area contributed by atoms with Crippen LogP contribution >= 0.6 is 0 Å². The van der Waals surface area contributed by atoms with Crippen LogP contribution in [0.15, 0.2) is 41.3 Å². The van der Waals surface area contributed by atoms with Crippen molar-refractivity contribution in [3.8, 4) is 28.3 Å². The Balaban J connectivity index is 1.56. The number of phenols is 1. The molecule has 0 spiro atoms. The molecular formula is C24H27F2N5O2. The molecule has 7 nitrogen and oxygen atoms in total. The Hall–Kier alpha value is -3.36. The normalized spacial score (nSPS) is 20.6. The van der Waals surface area contributed by atoms with Gasteiger partial charge in [0.25, 0.3) is 5.56 Å². The van der Waals surface area contributed by atoms with Gasteiger partial charge in [0.2, 0.25) is 0 Å². The molecular weight excluding hydrogens is 428 g/mol. The molecule has 0 unspecified atom stereocenters. The number of hydrogen-bond donors (Lipinski definition) is 1. The molecule has 0 bridgehead atoms. The van der Waals surface area contributed by atoms with Crippen LogP contribution < -0.4 is 10.5 Å². The molecule has 2 aromatic heterocycles. The Morgan fingerprint density at radius 1 is 1.18 bits per heavy atom. The van der Waals surface area contributed by atoms with Gasteiger partial charge >= 0.3 is 0 Å². The predicted octanol–water partition coefficient (Wildman–Crippen LogP) is 4.10. The van der Waals surface area contributed by atoms with Crippen molar-refractivity contribution in [1.82, 2.24) is 19.7 Å². The Kier molecular flexibility index (Phi) is 6.40. The van der Waals surface area contributed by atoms with Gasteiger partial charge in [-0.3, -0.25) is 9.36 Å². The maximum atomic E-state index is 14.9. The maximum Gasteiger partial charge on any atom is 0.253 e. The zero-order chi connectivity index (χ0) is 23.7. The van der Waals surface area contributed by atoms with Crippen molar-refractivity contribution in [2.24, 2.45) is 13.0 Å². The third-order valence-corrected chi connectivity index (χ3v) is 6.60. The smallest absolute Gasteiger partial charge is 0.253 e. The van der Waals surface area contributed by atoms with E-state index < -0.39 is 17.7 Å². The van der Waals surface area contributed by atoms with Crippen molar-refractivity contribution in [2.75, 3.05) is 11.9 Å². The largest absolute Gasteiger partial charge is 0.507 e. The summed E-state index contributed by atoms with van der Waals surface area (Å²) in [6.45, 7) is 2.02. The number of aromatic hydroxyl groups is 1. The van der Waals surface area contributed by atoms with E-state index in [1.165, 1.54) is 31.4 Å². The molecule has 0 aliphatic heterocycles. The number of phenolic OH excluding ortho intramolecular Hbond substituents is 1. The van der Waals surface area contributed by atoms with Gasteiger partial charge in [0, 0.05) is 20.2 Å². The first kappa shape index (κ1) is 22.8. The molecule has 3 aromatic rings. The Morgan fingerprint density at radius 2 is 1.97 bits per heavy atom. The minimum absolute atomic E-state index is 0.0557. The van der Waals surface area contributed by atoms with Crippen LogP contribution in [0.2, 0.25) is 0 Å². The quantitative estimate of drug-likeness (QED) is 0.583. The molecule has 0 radical (unpaired) electrons. The fourth-order valence-electron chi connectivity index (χ4n) is 4.45. The van der Waals surface area contributed by atoms with Gasteiger partial charge in [0.1, 0.15) is 11.9 Å². The van der Waals surface area contributed by atoms with E-state index in [2.05, 4.69) is 15.2 Å². The Labute approximate surface area is 190 Å². The van der Waals surface area contributed by atoms with Crippen LogP contribution in [0.5, 0.6) is 5.75 Å². The lowest BCUT2D eigenvalue weighted by molar-refractivity contribution is 0.134. The first-order valence-electron chi connectivity index (χ1n) is 11.1. The van der Waals surface area contributed by atoms with E-state index >= 15 is 0 Å². The van der Waals surface area contributed by atoms with Crippen molar-refractivity contribution in [3.05, 3.63) is 52.8 Å². The van der Waals surface area contributed by atoms with Gasteiger partial charge in [-0.15, -0.1) is 10.2 Å². The Bertz CT molecular complexity index is 1200. The lowest BCUT2D eigenvalue weighted by atomic mass is 9.82. The summed E-state index contributed by atoms with van der Waals surface area (Å²) < 4.78 is 29.7. The van der Waals surface area contributed by atoms with E-state index in [4.69, 9.17) is 0 Å². The van der Waals surface area contributed by atoms with E-state index in [9.17, 15) is 18.7 Å². The zero-order valence-electron chi connectivity index (χ0n) is 18.9. The third kappa shape index (κ3) is 4.44. The molecule has 1 N–H and O–H groups in total. The third-order valence-electron chi connectivity index (χ3n) is 6.60. The number of nitrogens with zero attached hydrogens (tertiary/aromatic N) is 5. The van der Waals surface area contributed by atoms with Crippen LogP contribution in [0.1, 0.15) is 32.6 Å². The lowest BCUT2D eigenvalue weighted by Crippen LogP contribution is -2.45. The average molecular weight is 456 g/mol. The second-order valence-electron chi connectivity index (χ2n) is 8.56. The highest BCUT2D eigenvalue weighted by molar-refractivity contribution is 5.72. The summed E-state index contributed by atoms with van der Waals surface area (Å²) in [5, 5.41) is 18.9. The minimum atomic E-state index is -0.925. The molecule has 1 fully saturated rings. The second kappa shape index (κ2) is 9.25. The van der Waals surface area contributed by atoms with Crippen LogP contribution in [0, 0.1) is 11.9 Å². The molecule has 0 saturated heterocycles. The van der Waals surface area contributed by atoms with Crippen LogP contribution in [0.4, 0.5) is 14.6 Å². The van der Waals surface area contributed by atoms with Gasteiger partial charge in [-0.25, -0.2) is 9.37 Å². The van der Waals surface area contributed by atoms with E-state index in [1.54, 1.807) is 24.1 Å². The lowest BCUT2D eigenvalue weighted by Gasteiger charge is -2.38. The van der Waals surface area contributed by atoms with E-state index in [-0.39, 0.29) is 23.5 Å². The van der Waals surface area contributed by atoms with Crippen molar-refractivity contribution < 1.29 is 13.9 Å². The topological polar surface area (TPSA) is 84.1 Å². The van der Waals surface area contributed by atoms with E-state index in [0.717, 1.165) is 30.3 Å². The molecule has 9 heteroatoms. The summed E-state index contributed by atoms with van der Waals surface area (Å²) in [7, 11) is 3.15. The summed E-state index contributed by atoms with van der Waals surface area (Å²) in [4.78, 5) is 18.0. The first-order valence-corrected chi connectivity index (χ1v) is 11.1. The van der Waals surface area contributed by atoms with Crippen LogP contribution in [0.3, 0.4) is 0 Å². The number of rotatable bonds is 5. The molecule has 0 amide bonds. The second-order valence-corrected chi connectivity index (χ2v) is 8.56. The average Bonchev–Trinajstić information content (AvgIpc) is 2.82. The number of benzene rings is 1. The number of anilines is 1. The van der Waals surface area contributed by atoms with Gasteiger partial charge in [-0.2, -0.15) is 4.39 Å². The fourth-order valence-corrected chi connectivity index (χ4v) is 4.45. The standard InChI is InChI=1S/C24H27F2N5O2/c1-4-14-6-5-7-18(23(14)26)30(2)21-13-27-24(29-28-21)17-9-8-15(10-19(17)32)16-11-20(25)31(3)22(33)12-16/h8-14,18,23,32H,4-7H2,1-3H3/t14-,18+,23-/m1/s1. The number of pyridine rings is 1. The van der Waals surface area contributed by atoms with Gasteiger partial charge < -0.3 is 10.0 Å². The molecule has 1 aliphatic carbocycles. The van der Waals surface area contributed by atoms with Gasteiger partial charge in [0.15, 0.2) is 17.6 Å². The molecule has 1 saturated carbocycles. The molecule has 2 heterocycles. The molecule has 3 atom stereocenters. The highest BCUT2D eigenvalue weighted by Gasteiger charge is 2.35. The summed E-state index contributed by atoms with van der Waals surface area (Å²) in [6, 6.07) is 6.92. The van der Waals surface area contributed by atoms with Gasteiger partial charge in [0.05, 0.1) is 17.8 Å². The van der Waals surface area contributed by atoms with Crippen molar-refractivity contribution in [2.45, 2.75) is 44.8 Å². The SMILES string of the molecule is CC[C@@H]1CCC[C@H](N(C)c2cnc(-c3ccc(-c4cc(F)n(C)c(=O)c4)cc3O)nn2)[C@@H]1F. The number of hydrogen-bond acceptors (Lipinski definition) is 6. The predicted molar refractivity (Wildman–Crippen MR) is 122 cm³/mol. The monoisotopic (exact) mass is 455 g/mol. The highest BCUT2D eigenvalue weighted by atomic mass is 19.1. The number of alkyl halides is 1. The molecule has 1 aromatic carbocycles. The first-order chi connectivity index (χ1) is 15.8. The number of aromatic nitrogens is 4. The van der Waals surface area contributed by atoms with Crippen molar-refractivity contribution in [1.29, 1.82) is 0 Å². The zero-order valence-corrected chi connectivity index (χ0v) is 18.9. The summed E-state index contributed by atoms with van der Waals surface area (Å²) in [6.07, 6.45) is 4.05. The fraction of sp³-hybridized carbons (Fsp3) is 0.417. The van der Waals surface area contributed by atoms with Crippen LogP contribution in [-0.2, 0) is 7.05 Å². The van der Waals surface area contributed by atoms with E-state index in [1.807, 2.05) is 6.92 Å². The molecule has 1 aliphatic rings. The summed E-state index contributed by atoms with van der Waals surface area (Å²) in [5.74, 6) is -0.0707. The van der Waals surface area contributed by atoms with Crippen LogP contribution in [-0.4, -0.2) is 44.1 Å². The van der Waals surface area contributed by atoms with Crippen molar-refractivity contribution >= 4 is 5.82 Å². The Morgan fingerprint density at radius 3 is 2.61 bits per heavy atom. The van der Waals surface area contributed by atoms with Crippen LogP contribution in [0.25, 0.3) is 22.5 Å². The highest BCUT2D eigenvalue weighted by Crippen LogP contribution is 2.34. The molecule has 4 rings (SSSR count). The minimum Gasteiger partial charge on any atom is -0.507 e. The summed E-state index contributed by atoms with van der Waals surface area (Å²) in [5.41, 5.74) is 0.692. The maximum absolute atomic E-state index is 14.9.